The van der Waals surface area contributed by atoms with Crippen LogP contribution >= 0.6 is 11.3 Å². The van der Waals surface area contributed by atoms with Crippen molar-refractivity contribution in [3.8, 4) is 0 Å². The van der Waals surface area contributed by atoms with Crippen LogP contribution in [-0.4, -0.2) is 19.8 Å². The summed E-state index contributed by atoms with van der Waals surface area (Å²) >= 11 is 1.27. The van der Waals surface area contributed by atoms with Gasteiger partial charge in [-0.05, 0) is 35.4 Å². The number of nitrogens with zero attached hydrogens (tertiary/aromatic N) is 1. The Morgan fingerprint density at radius 1 is 1.21 bits per heavy atom. The molecule has 0 saturated heterocycles. The van der Waals surface area contributed by atoms with Crippen molar-refractivity contribution in [1.82, 2.24) is 4.31 Å². The molecule has 0 N–H and O–H groups in total. The second-order valence-corrected chi connectivity index (χ2v) is 7.88. The molecular weight excluding hydrogens is 278 g/mol. The van der Waals surface area contributed by atoms with Crippen molar-refractivity contribution in [3.05, 3.63) is 52.9 Å². The van der Waals surface area contributed by atoms with Crippen LogP contribution in [0.15, 0.2) is 46.0 Å². The fourth-order valence-corrected chi connectivity index (χ4v) is 5.17. The predicted molar refractivity (Wildman–Crippen MR) is 76.8 cm³/mol. The van der Waals surface area contributed by atoms with E-state index in [-0.39, 0.29) is 6.04 Å². The predicted octanol–water partition coefficient (Wildman–Crippen LogP) is 3.06. The molecule has 0 spiro atoms. The smallest absolute Gasteiger partial charge is 0.206 e. The van der Waals surface area contributed by atoms with Crippen LogP contribution in [0.1, 0.15) is 23.6 Å². The molecule has 0 amide bonds. The molecule has 1 unspecified atom stereocenters. The minimum absolute atomic E-state index is 0.0386. The first-order valence-electron chi connectivity index (χ1n) is 6.20. The number of rotatable bonds is 3. The normalized spacial score (nSPS) is 18.7. The van der Waals surface area contributed by atoms with Gasteiger partial charge in [-0.15, -0.1) is 11.3 Å². The van der Waals surface area contributed by atoms with E-state index in [9.17, 15) is 8.42 Å². The second kappa shape index (κ2) is 4.74. The molecule has 0 radical (unpaired) electrons. The number of hydrogen-bond donors (Lipinski definition) is 0. The molecule has 0 bridgehead atoms. The van der Waals surface area contributed by atoms with Crippen molar-refractivity contribution >= 4 is 21.4 Å². The van der Waals surface area contributed by atoms with Crippen LogP contribution in [0.4, 0.5) is 0 Å². The average molecular weight is 293 g/mol. The highest BCUT2D eigenvalue weighted by molar-refractivity contribution is 7.91. The van der Waals surface area contributed by atoms with Crippen LogP contribution in [0.5, 0.6) is 0 Å². The van der Waals surface area contributed by atoms with Gasteiger partial charge in [-0.2, -0.15) is 4.31 Å². The summed E-state index contributed by atoms with van der Waals surface area (Å²) in [6.07, 6.45) is 1.81. The van der Waals surface area contributed by atoms with Crippen molar-refractivity contribution in [1.29, 1.82) is 0 Å². The summed E-state index contributed by atoms with van der Waals surface area (Å²) < 4.78 is 27.0. The minimum Gasteiger partial charge on any atom is -0.206 e. The lowest BCUT2D eigenvalue weighted by Gasteiger charge is -2.24. The van der Waals surface area contributed by atoms with Crippen LogP contribution in [0.25, 0.3) is 0 Å². The Kier molecular flexibility index (Phi) is 3.20. The summed E-state index contributed by atoms with van der Waals surface area (Å²) in [7, 11) is -1.69. The fourth-order valence-electron chi connectivity index (χ4n) is 2.63. The van der Waals surface area contributed by atoms with E-state index in [1.165, 1.54) is 21.2 Å². The molecule has 19 heavy (non-hydrogen) atoms. The van der Waals surface area contributed by atoms with E-state index >= 15 is 0 Å². The Morgan fingerprint density at radius 2 is 2.00 bits per heavy atom. The van der Waals surface area contributed by atoms with Gasteiger partial charge in [0.25, 0.3) is 10.0 Å². The Hall–Kier alpha value is -1.17. The Labute approximate surface area is 117 Å². The van der Waals surface area contributed by atoms with Crippen molar-refractivity contribution < 1.29 is 8.42 Å². The van der Waals surface area contributed by atoms with Crippen LogP contribution < -0.4 is 0 Å². The molecule has 100 valence electrons. The summed E-state index contributed by atoms with van der Waals surface area (Å²) in [4.78, 5) is 0. The quantitative estimate of drug-likeness (QED) is 0.872. The molecule has 1 aliphatic carbocycles. The number of thiophene rings is 1. The first-order valence-corrected chi connectivity index (χ1v) is 8.52. The number of hydrogen-bond acceptors (Lipinski definition) is 3. The zero-order valence-corrected chi connectivity index (χ0v) is 12.2. The molecule has 5 heteroatoms. The molecule has 2 aromatic rings. The topological polar surface area (TPSA) is 37.4 Å². The first-order chi connectivity index (χ1) is 9.10. The highest BCUT2D eigenvalue weighted by Gasteiger charge is 2.33. The molecular formula is C14H15NO2S2. The maximum absolute atomic E-state index is 12.5. The molecule has 1 aliphatic rings. The van der Waals surface area contributed by atoms with E-state index in [2.05, 4.69) is 6.07 Å². The second-order valence-electron chi connectivity index (χ2n) is 4.71. The zero-order valence-electron chi connectivity index (χ0n) is 10.6. The number of benzene rings is 1. The largest absolute Gasteiger partial charge is 0.252 e. The SMILES string of the molecule is CN(C1CCc2ccccc21)S(=O)(=O)c1cccs1. The van der Waals surface area contributed by atoms with Gasteiger partial charge < -0.3 is 0 Å². The highest BCUT2D eigenvalue weighted by atomic mass is 32.2. The van der Waals surface area contributed by atoms with Gasteiger partial charge in [-0.25, -0.2) is 8.42 Å². The molecule has 1 aromatic carbocycles. The van der Waals surface area contributed by atoms with E-state index in [0.29, 0.717) is 4.21 Å². The standard InChI is InChI=1S/C14H15NO2S2/c1-15(19(16,17)14-7-4-10-18-14)13-9-8-11-5-2-3-6-12(11)13/h2-7,10,13H,8-9H2,1H3. The number of fused-ring (bicyclic) bond motifs is 1. The maximum Gasteiger partial charge on any atom is 0.252 e. The van der Waals surface area contributed by atoms with Gasteiger partial charge in [0.05, 0.1) is 6.04 Å². The van der Waals surface area contributed by atoms with Gasteiger partial charge in [0.2, 0.25) is 0 Å². The average Bonchev–Trinajstić information content (AvgIpc) is 3.07. The van der Waals surface area contributed by atoms with Crippen LogP contribution in [0.2, 0.25) is 0 Å². The summed E-state index contributed by atoms with van der Waals surface area (Å²) in [5.41, 5.74) is 2.41. The molecule has 1 aromatic heterocycles. The van der Waals surface area contributed by atoms with E-state index in [0.717, 1.165) is 18.4 Å². The Morgan fingerprint density at radius 3 is 2.74 bits per heavy atom. The molecule has 3 nitrogen and oxygen atoms in total. The number of sulfonamides is 1. The van der Waals surface area contributed by atoms with Gasteiger partial charge in [0, 0.05) is 7.05 Å². The third-order valence-corrected chi connectivity index (χ3v) is 6.91. The Balaban J connectivity index is 1.97. The summed E-state index contributed by atoms with van der Waals surface area (Å²) in [6, 6.07) is 11.5. The number of aryl methyl sites for hydroxylation is 1. The highest BCUT2D eigenvalue weighted by Crippen LogP contribution is 2.37. The van der Waals surface area contributed by atoms with E-state index < -0.39 is 10.0 Å². The lowest BCUT2D eigenvalue weighted by Crippen LogP contribution is -2.29. The van der Waals surface area contributed by atoms with Crippen molar-refractivity contribution in [2.75, 3.05) is 7.05 Å². The van der Waals surface area contributed by atoms with Crippen LogP contribution in [0, 0.1) is 0 Å². The van der Waals surface area contributed by atoms with E-state index in [1.54, 1.807) is 24.6 Å². The van der Waals surface area contributed by atoms with Gasteiger partial charge >= 0.3 is 0 Å². The van der Waals surface area contributed by atoms with Crippen LogP contribution in [-0.2, 0) is 16.4 Å². The summed E-state index contributed by atoms with van der Waals surface area (Å²) in [5.74, 6) is 0. The summed E-state index contributed by atoms with van der Waals surface area (Å²) in [6.45, 7) is 0. The Bertz CT molecular complexity index is 677. The molecule has 1 atom stereocenters. The van der Waals surface area contributed by atoms with E-state index in [4.69, 9.17) is 0 Å². The molecule has 0 saturated carbocycles. The van der Waals surface area contributed by atoms with Gasteiger partial charge in [-0.3, -0.25) is 0 Å². The monoisotopic (exact) mass is 293 g/mol. The zero-order chi connectivity index (χ0) is 13.5. The fraction of sp³-hybridized carbons (Fsp3) is 0.286. The molecule has 3 rings (SSSR count). The molecule has 0 aliphatic heterocycles. The first kappa shape index (κ1) is 12.8. The van der Waals surface area contributed by atoms with Crippen LogP contribution in [0.3, 0.4) is 0 Å². The molecule has 1 heterocycles. The van der Waals surface area contributed by atoms with E-state index in [1.807, 2.05) is 18.2 Å². The maximum atomic E-state index is 12.5. The minimum atomic E-state index is -3.37. The van der Waals surface area contributed by atoms with Crippen molar-refractivity contribution in [2.24, 2.45) is 0 Å². The third-order valence-electron chi connectivity index (χ3n) is 3.67. The van der Waals surface area contributed by atoms with Crippen molar-refractivity contribution in [2.45, 2.75) is 23.1 Å². The third kappa shape index (κ3) is 2.12. The lowest BCUT2D eigenvalue weighted by atomic mass is 10.1. The van der Waals surface area contributed by atoms with Crippen molar-refractivity contribution in [3.63, 3.8) is 0 Å². The lowest BCUT2D eigenvalue weighted by molar-refractivity contribution is 0.375. The van der Waals surface area contributed by atoms with Gasteiger partial charge in [0.15, 0.2) is 0 Å². The van der Waals surface area contributed by atoms with Gasteiger partial charge in [0.1, 0.15) is 4.21 Å². The van der Waals surface area contributed by atoms with Gasteiger partial charge in [-0.1, -0.05) is 30.3 Å². The molecule has 0 fully saturated rings. The summed E-state index contributed by atoms with van der Waals surface area (Å²) in [5, 5.41) is 1.79.